The summed E-state index contributed by atoms with van der Waals surface area (Å²) in [7, 11) is 0. The zero-order valence-electron chi connectivity index (χ0n) is 17.6. The molecule has 5 nitrogen and oxygen atoms in total. The number of rotatable bonds is 3. The van der Waals surface area contributed by atoms with Gasteiger partial charge in [0.1, 0.15) is 6.61 Å². The maximum atomic E-state index is 12.8. The molecule has 2 heterocycles. The van der Waals surface area contributed by atoms with Crippen LogP contribution in [0.2, 0.25) is 0 Å². The van der Waals surface area contributed by atoms with Crippen molar-refractivity contribution in [2.45, 2.75) is 43.7 Å². The van der Waals surface area contributed by atoms with Crippen LogP contribution in [0, 0.1) is 0 Å². The van der Waals surface area contributed by atoms with Crippen molar-refractivity contribution in [2.24, 2.45) is 0 Å². The Morgan fingerprint density at radius 3 is 2.20 bits per heavy atom. The second-order valence-electron chi connectivity index (χ2n) is 9.24. The third-order valence-corrected chi connectivity index (χ3v) is 7.06. The van der Waals surface area contributed by atoms with E-state index in [-0.39, 0.29) is 12.0 Å². The highest BCUT2D eigenvalue weighted by molar-refractivity contribution is 5.79. The summed E-state index contributed by atoms with van der Waals surface area (Å²) in [5, 5.41) is 10.2. The SMILES string of the molecule is CC1(O)CCN(C2CCN(C(=O)OCC3c4ccccc4-c4ccccc43)CC2)C1. The van der Waals surface area contributed by atoms with Crippen LogP contribution in [0.1, 0.15) is 43.2 Å². The van der Waals surface area contributed by atoms with Crippen molar-refractivity contribution in [1.82, 2.24) is 9.80 Å². The number of piperidine rings is 1. The standard InChI is InChI=1S/C25H30N2O3/c1-25(29)12-15-27(17-25)18-10-13-26(14-11-18)24(28)30-16-23-21-8-4-2-6-19(21)20-7-3-5-9-22(20)23/h2-9,18,23,29H,10-17H2,1H3. The molecule has 0 saturated carbocycles. The van der Waals surface area contributed by atoms with E-state index in [1.165, 1.54) is 22.3 Å². The van der Waals surface area contributed by atoms with Gasteiger partial charge in [-0.3, -0.25) is 4.90 Å². The fraction of sp³-hybridized carbons (Fsp3) is 0.480. The second kappa shape index (κ2) is 7.71. The van der Waals surface area contributed by atoms with Crippen molar-refractivity contribution in [3.8, 4) is 11.1 Å². The molecule has 5 heteroatoms. The van der Waals surface area contributed by atoms with Gasteiger partial charge in [0.2, 0.25) is 0 Å². The fourth-order valence-corrected chi connectivity index (χ4v) is 5.39. The number of aliphatic hydroxyl groups is 1. The maximum absolute atomic E-state index is 12.8. The van der Waals surface area contributed by atoms with E-state index < -0.39 is 5.60 Å². The van der Waals surface area contributed by atoms with Crippen molar-refractivity contribution in [3.05, 3.63) is 59.7 Å². The fourth-order valence-electron chi connectivity index (χ4n) is 5.39. The summed E-state index contributed by atoms with van der Waals surface area (Å²) < 4.78 is 5.81. The molecule has 2 aliphatic heterocycles. The van der Waals surface area contributed by atoms with Crippen LogP contribution < -0.4 is 0 Å². The van der Waals surface area contributed by atoms with Crippen molar-refractivity contribution in [2.75, 3.05) is 32.8 Å². The number of ether oxygens (including phenoxy) is 1. The summed E-state index contributed by atoms with van der Waals surface area (Å²) in [6, 6.07) is 17.3. The average molecular weight is 407 g/mol. The predicted octanol–water partition coefficient (Wildman–Crippen LogP) is 3.86. The minimum atomic E-state index is -0.566. The Bertz CT molecular complexity index is 888. The zero-order chi connectivity index (χ0) is 20.7. The number of benzene rings is 2. The summed E-state index contributed by atoms with van der Waals surface area (Å²) in [5.74, 6) is 0.103. The molecule has 158 valence electrons. The van der Waals surface area contributed by atoms with Gasteiger partial charge < -0.3 is 14.7 Å². The molecule has 0 spiro atoms. The van der Waals surface area contributed by atoms with Crippen LogP contribution in [0.15, 0.2) is 48.5 Å². The van der Waals surface area contributed by atoms with Gasteiger partial charge in [-0.25, -0.2) is 4.79 Å². The smallest absolute Gasteiger partial charge is 0.409 e. The first-order chi connectivity index (χ1) is 14.5. The van der Waals surface area contributed by atoms with Gasteiger partial charge in [-0.05, 0) is 48.4 Å². The Kier molecular flexibility index (Phi) is 5.03. The molecule has 1 amide bonds. The van der Waals surface area contributed by atoms with Gasteiger partial charge >= 0.3 is 6.09 Å². The van der Waals surface area contributed by atoms with Crippen LogP contribution in [-0.2, 0) is 4.74 Å². The topological polar surface area (TPSA) is 53.0 Å². The summed E-state index contributed by atoms with van der Waals surface area (Å²) in [5.41, 5.74) is 4.41. The number of fused-ring (bicyclic) bond motifs is 3. The molecule has 2 fully saturated rings. The number of carbonyl (C=O) groups is 1. The first-order valence-corrected chi connectivity index (χ1v) is 11.1. The van der Waals surface area contributed by atoms with Crippen LogP contribution in [-0.4, -0.2) is 65.4 Å². The number of hydrogen-bond acceptors (Lipinski definition) is 4. The van der Waals surface area contributed by atoms with Gasteiger partial charge in [0.25, 0.3) is 0 Å². The molecule has 1 N–H and O–H groups in total. The average Bonchev–Trinajstić information content (AvgIpc) is 3.29. The number of nitrogens with zero attached hydrogens (tertiary/aromatic N) is 2. The van der Waals surface area contributed by atoms with Crippen LogP contribution in [0.4, 0.5) is 4.79 Å². The van der Waals surface area contributed by atoms with Crippen molar-refractivity contribution in [3.63, 3.8) is 0 Å². The number of hydrogen-bond donors (Lipinski definition) is 1. The molecule has 2 saturated heterocycles. The van der Waals surface area contributed by atoms with E-state index in [0.29, 0.717) is 12.6 Å². The van der Waals surface area contributed by atoms with Crippen LogP contribution in [0.3, 0.4) is 0 Å². The zero-order valence-corrected chi connectivity index (χ0v) is 17.6. The van der Waals surface area contributed by atoms with Gasteiger partial charge in [0, 0.05) is 38.1 Å². The van der Waals surface area contributed by atoms with Crippen molar-refractivity contribution in [1.29, 1.82) is 0 Å². The summed E-state index contributed by atoms with van der Waals surface area (Å²) >= 11 is 0. The van der Waals surface area contributed by atoms with E-state index in [4.69, 9.17) is 4.74 Å². The molecule has 3 aliphatic rings. The second-order valence-corrected chi connectivity index (χ2v) is 9.24. The Balaban J connectivity index is 1.19. The van der Waals surface area contributed by atoms with Gasteiger partial charge in [0.05, 0.1) is 5.60 Å². The van der Waals surface area contributed by atoms with Crippen LogP contribution >= 0.6 is 0 Å². The normalized spacial score (nSPS) is 24.7. The number of β-amino-alcohol motifs (C(OH)–C–C–N with tert-alkyl or cyclic N) is 1. The third-order valence-electron chi connectivity index (χ3n) is 7.06. The molecular formula is C25H30N2O3. The van der Waals surface area contributed by atoms with E-state index in [2.05, 4.69) is 53.4 Å². The van der Waals surface area contributed by atoms with Gasteiger partial charge in [-0.1, -0.05) is 48.5 Å². The van der Waals surface area contributed by atoms with Crippen LogP contribution in [0.5, 0.6) is 0 Å². The van der Waals surface area contributed by atoms with E-state index in [1.54, 1.807) is 0 Å². The Morgan fingerprint density at radius 2 is 1.63 bits per heavy atom. The first-order valence-electron chi connectivity index (χ1n) is 11.1. The largest absolute Gasteiger partial charge is 0.448 e. The van der Waals surface area contributed by atoms with Crippen molar-refractivity contribution >= 4 is 6.09 Å². The highest BCUT2D eigenvalue weighted by atomic mass is 16.6. The number of carbonyl (C=O) groups excluding carboxylic acids is 1. The molecule has 1 aliphatic carbocycles. The summed E-state index contributed by atoms with van der Waals surface area (Å²) in [6.45, 7) is 5.42. The van der Waals surface area contributed by atoms with Crippen molar-refractivity contribution < 1.29 is 14.6 Å². The lowest BCUT2D eigenvalue weighted by Gasteiger charge is -2.36. The van der Waals surface area contributed by atoms with Gasteiger partial charge in [-0.15, -0.1) is 0 Å². The molecule has 1 unspecified atom stereocenters. The van der Waals surface area contributed by atoms with E-state index >= 15 is 0 Å². The van der Waals surface area contributed by atoms with Gasteiger partial charge in [0.15, 0.2) is 0 Å². The van der Waals surface area contributed by atoms with E-state index in [9.17, 15) is 9.90 Å². The number of amides is 1. The molecule has 0 bridgehead atoms. The van der Waals surface area contributed by atoms with Crippen LogP contribution in [0.25, 0.3) is 11.1 Å². The third kappa shape index (κ3) is 3.61. The predicted molar refractivity (Wildman–Crippen MR) is 116 cm³/mol. The monoisotopic (exact) mass is 406 g/mol. The minimum absolute atomic E-state index is 0.103. The lowest BCUT2D eigenvalue weighted by Crippen LogP contribution is -2.47. The lowest BCUT2D eigenvalue weighted by molar-refractivity contribution is 0.0475. The molecule has 0 aromatic heterocycles. The highest BCUT2D eigenvalue weighted by Crippen LogP contribution is 2.44. The Morgan fingerprint density at radius 1 is 1.03 bits per heavy atom. The lowest BCUT2D eigenvalue weighted by atomic mass is 9.98. The molecular weight excluding hydrogens is 376 g/mol. The molecule has 30 heavy (non-hydrogen) atoms. The quantitative estimate of drug-likeness (QED) is 0.841. The Labute approximate surface area is 178 Å². The molecule has 0 radical (unpaired) electrons. The first kappa shape index (κ1) is 19.6. The maximum Gasteiger partial charge on any atom is 0.409 e. The van der Waals surface area contributed by atoms with Gasteiger partial charge in [-0.2, -0.15) is 0 Å². The number of likely N-dealkylation sites (tertiary alicyclic amines) is 2. The molecule has 2 aromatic carbocycles. The summed E-state index contributed by atoms with van der Waals surface area (Å²) in [4.78, 5) is 17.0. The molecule has 2 aromatic rings. The Hall–Kier alpha value is -2.37. The molecule has 1 atom stereocenters. The highest BCUT2D eigenvalue weighted by Gasteiger charge is 2.37. The molecule has 5 rings (SSSR count). The van der Waals surface area contributed by atoms with E-state index in [0.717, 1.165) is 45.4 Å². The summed E-state index contributed by atoms with van der Waals surface area (Å²) in [6.07, 6.45) is 2.52. The van der Waals surface area contributed by atoms with E-state index in [1.807, 2.05) is 11.8 Å². The minimum Gasteiger partial charge on any atom is -0.448 e.